The van der Waals surface area contributed by atoms with Gasteiger partial charge in [0.1, 0.15) is 0 Å². The number of rotatable bonds is 8. The molecule has 1 atom stereocenters. The normalized spacial score (nSPS) is 15.0. The van der Waals surface area contributed by atoms with Gasteiger partial charge in [-0.3, -0.25) is 9.59 Å². The summed E-state index contributed by atoms with van der Waals surface area (Å²) in [5.74, 6) is 0.106. The Morgan fingerprint density at radius 2 is 1.96 bits per heavy atom. The van der Waals surface area contributed by atoms with E-state index < -0.39 is 0 Å². The van der Waals surface area contributed by atoms with Gasteiger partial charge in [0.2, 0.25) is 0 Å². The Bertz CT molecular complexity index is 802. The number of nitrogens with one attached hydrogen (secondary N) is 2. The summed E-state index contributed by atoms with van der Waals surface area (Å²) in [5.41, 5.74) is 2.54. The molecule has 1 aromatic heterocycles. The fourth-order valence-electron chi connectivity index (χ4n) is 3.34. The molecule has 2 N–H and O–H groups in total. The lowest BCUT2D eigenvalue weighted by Crippen LogP contribution is -3.14. The van der Waals surface area contributed by atoms with E-state index in [1.54, 1.807) is 11.3 Å². The van der Waals surface area contributed by atoms with Crippen molar-refractivity contribution in [3.05, 3.63) is 64.4 Å². The Balaban J connectivity index is 1.46. The van der Waals surface area contributed by atoms with E-state index in [1.165, 1.54) is 11.1 Å². The summed E-state index contributed by atoms with van der Waals surface area (Å²) in [7, 11) is 0. The molecule has 5 nitrogen and oxygen atoms in total. The molecule has 1 unspecified atom stereocenters. The highest BCUT2D eigenvalue weighted by molar-refractivity contribution is 7.09. The van der Waals surface area contributed by atoms with Crippen molar-refractivity contribution in [2.45, 2.75) is 19.9 Å². The number of hydrogen-bond acceptors (Lipinski definition) is 3. The molecule has 2 amide bonds. The van der Waals surface area contributed by atoms with Crippen molar-refractivity contribution in [1.82, 2.24) is 10.2 Å². The molecule has 1 aromatic carbocycles. The fraction of sp³-hybridized carbons (Fsp3) is 0.364. The molecule has 0 saturated heterocycles. The van der Waals surface area contributed by atoms with E-state index in [9.17, 15) is 9.59 Å². The number of hydrogen-bond donors (Lipinski definition) is 2. The first-order valence-electron chi connectivity index (χ1n) is 9.80. The number of carbonyl (C=O) groups excluding carboxylic acids is 2. The van der Waals surface area contributed by atoms with Crippen LogP contribution in [0.1, 0.15) is 23.8 Å². The first-order chi connectivity index (χ1) is 13.7. The van der Waals surface area contributed by atoms with E-state index in [4.69, 9.17) is 0 Å². The first kappa shape index (κ1) is 20.3. The molecule has 0 aliphatic carbocycles. The smallest absolute Gasteiger partial charge is 0.278 e. The summed E-state index contributed by atoms with van der Waals surface area (Å²) < 4.78 is 0. The standard InChI is InChI=1S/C22H27N3O2S/c1-2-24(16-21(26)23-15-20-9-6-14-28-20)17-22(27)25-12-10-19(11-13-25)18-7-4-3-5-8-18/h3-10,14H,2,11-13,15-17H2,1H3,(H,23,26)/p+1. The maximum atomic E-state index is 12.7. The summed E-state index contributed by atoms with van der Waals surface area (Å²) >= 11 is 1.63. The number of thiophene rings is 1. The molecule has 2 heterocycles. The zero-order chi connectivity index (χ0) is 19.8. The van der Waals surface area contributed by atoms with Crippen LogP contribution in [0.5, 0.6) is 0 Å². The van der Waals surface area contributed by atoms with Crippen LogP contribution in [-0.4, -0.2) is 49.4 Å². The van der Waals surface area contributed by atoms with Crippen molar-refractivity contribution < 1.29 is 14.5 Å². The van der Waals surface area contributed by atoms with Crippen molar-refractivity contribution in [3.8, 4) is 0 Å². The van der Waals surface area contributed by atoms with Gasteiger partial charge in [-0.15, -0.1) is 11.3 Å². The highest BCUT2D eigenvalue weighted by Crippen LogP contribution is 2.21. The molecule has 0 spiro atoms. The van der Waals surface area contributed by atoms with E-state index in [2.05, 4.69) is 23.5 Å². The van der Waals surface area contributed by atoms with E-state index in [1.807, 2.05) is 47.5 Å². The molecule has 0 bridgehead atoms. The van der Waals surface area contributed by atoms with Gasteiger partial charge in [0.15, 0.2) is 13.1 Å². The van der Waals surface area contributed by atoms with Crippen LogP contribution in [-0.2, 0) is 16.1 Å². The van der Waals surface area contributed by atoms with Gasteiger partial charge in [0.25, 0.3) is 11.8 Å². The zero-order valence-electron chi connectivity index (χ0n) is 16.3. The lowest BCUT2D eigenvalue weighted by atomic mass is 9.99. The minimum Gasteiger partial charge on any atom is -0.346 e. The molecular weight excluding hydrogens is 370 g/mol. The third kappa shape index (κ3) is 5.78. The fourth-order valence-corrected chi connectivity index (χ4v) is 3.98. The summed E-state index contributed by atoms with van der Waals surface area (Å²) in [6.07, 6.45) is 3.02. The van der Waals surface area contributed by atoms with Crippen molar-refractivity contribution in [3.63, 3.8) is 0 Å². The van der Waals surface area contributed by atoms with Gasteiger partial charge in [0.05, 0.1) is 13.1 Å². The molecule has 3 rings (SSSR count). The molecule has 1 aliphatic heterocycles. The average Bonchev–Trinajstić information content (AvgIpc) is 3.26. The van der Waals surface area contributed by atoms with E-state index in [-0.39, 0.29) is 11.8 Å². The predicted octanol–water partition coefficient (Wildman–Crippen LogP) is 1.59. The van der Waals surface area contributed by atoms with Crippen LogP contribution in [0.25, 0.3) is 5.57 Å². The van der Waals surface area contributed by atoms with E-state index >= 15 is 0 Å². The molecule has 0 saturated carbocycles. The Morgan fingerprint density at radius 1 is 1.14 bits per heavy atom. The number of likely N-dealkylation sites (N-methyl/N-ethyl adjacent to an activating group) is 1. The van der Waals surface area contributed by atoms with Crippen molar-refractivity contribution in [2.75, 3.05) is 32.7 Å². The minimum atomic E-state index is -0.0112. The topological polar surface area (TPSA) is 53.9 Å². The zero-order valence-corrected chi connectivity index (χ0v) is 17.1. The average molecular weight is 399 g/mol. The maximum Gasteiger partial charge on any atom is 0.278 e. The number of nitrogens with zero attached hydrogens (tertiary/aromatic N) is 1. The van der Waals surface area contributed by atoms with Gasteiger partial charge in [0, 0.05) is 18.0 Å². The van der Waals surface area contributed by atoms with Crippen molar-refractivity contribution in [2.24, 2.45) is 0 Å². The number of benzene rings is 1. The third-order valence-corrected chi connectivity index (χ3v) is 5.93. The predicted molar refractivity (Wildman–Crippen MR) is 113 cm³/mol. The lowest BCUT2D eigenvalue weighted by molar-refractivity contribution is -0.882. The van der Waals surface area contributed by atoms with Crippen molar-refractivity contribution >= 4 is 28.7 Å². The molecule has 2 aromatic rings. The second kappa shape index (κ2) is 10.2. The Morgan fingerprint density at radius 3 is 2.61 bits per heavy atom. The third-order valence-electron chi connectivity index (χ3n) is 5.06. The molecule has 6 heteroatoms. The second-order valence-corrected chi connectivity index (χ2v) is 8.03. The van der Waals surface area contributed by atoms with Crippen LogP contribution in [0.15, 0.2) is 53.9 Å². The van der Waals surface area contributed by atoms with Crippen LogP contribution >= 0.6 is 11.3 Å². The summed E-state index contributed by atoms with van der Waals surface area (Å²) in [5, 5.41) is 4.94. The van der Waals surface area contributed by atoms with Crippen LogP contribution in [0.3, 0.4) is 0 Å². The van der Waals surface area contributed by atoms with Crippen LogP contribution in [0.4, 0.5) is 0 Å². The Kier molecular flexibility index (Phi) is 7.39. The quantitative estimate of drug-likeness (QED) is 0.710. The molecule has 148 valence electrons. The van der Waals surface area contributed by atoms with Crippen molar-refractivity contribution in [1.29, 1.82) is 0 Å². The van der Waals surface area contributed by atoms with E-state index in [0.29, 0.717) is 26.2 Å². The van der Waals surface area contributed by atoms with Gasteiger partial charge in [-0.05, 0) is 35.9 Å². The SMILES string of the molecule is CC[NH+](CC(=O)NCc1cccs1)CC(=O)N1CC=C(c2ccccc2)CC1. The molecule has 0 fully saturated rings. The van der Waals surface area contributed by atoms with Gasteiger partial charge < -0.3 is 15.1 Å². The Hall–Kier alpha value is -2.44. The first-order valence-corrected chi connectivity index (χ1v) is 10.7. The van der Waals surface area contributed by atoms with Crippen LogP contribution in [0, 0.1) is 0 Å². The largest absolute Gasteiger partial charge is 0.346 e. The summed E-state index contributed by atoms with van der Waals surface area (Å²) in [6.45, 7) is 5.38. The van der Waals surface area contributed by atoms with Crippen LogP contribution < -0.4 is 10.2 Å². The van der Waals surface area contributed by atoms with Gasteiger partial charge in [-0.1, -0.05) is 42.5 Å². The summed E-state index contributed by atoms with van der Waals surface area (Å²) in [4.78, 5) is 28.9. The highest BCUT2D eigenvalue weighted by atomic mass is 32.1. The maximum absolute atomic E-state index is 12.7. The monoisotopic (exact) mass is 398 g/mol. The van der Waals surface area contributed by atoms with Gasteiger partial charge in [-0.25, -0.2) is 0 Å². The highest BCUT2D eigenvalue weighted by Gasteiger charge is 2.23. The molecule has 28 heavy (non-hydrogen) atoms. The van der Waals surface area contributed by atoms with Gasteiger partial charge >= 0.3 is 0 Å². The molecule has 1 aliphatic rings. The second-order valence-electron chi connectivity index (χ2n) is 7.00. The number of carbonyl (C=O) groups is 2. The minimum absolute atomic E-state index is 0.0112. The Labute approximate surface area is 170 Å². The van der Waals surface area contributed by atoms with Gasteiger partial charge in [-0.2, -0.15) is 0 Å². The summed E-state index contributed by atoms with van der Waals surface area (Å²) in [6, 6.07) is 14.3. The number of amides is 2. The molecular formula is C22H28N3O2S+. The van der Waals surface area contributed by atoms with Crippen LogP contribution in [0.2, 0.25) is 0 Å². The molecule has 0 radical (unpaired) electrons. The van der Waals surface area contributed by atoms with E-state index in [0.717, 1.165) is 29.3 Å². The number of quaternary nitrogens is 1. The lowest BCUT2D eigenvalue weighted by Gasteiger charge is -2.28.